The van der Waals surface area contributed by atoms with E-state index < -0.39 is 0 Å². The Morgan fingerprint density at radius 1 is 1.04 bits per heavy atom. The van der Waals surface area contributed by atoms with Gasteiger partial charge in [0.2, 0.25) is 0 Å². The van der Waals surface area contributed by atoms with Crippen LogP contribution in [0.3, 0.4) is 0 Å². The van der Waals surface area contributed by atoms with Gasteiger partial charge < -0.3 is 5.32 Å². The van der Waals surface area contributed by atoms with E-state index in [1.54, 1.807) is 22.7 Å². The molecule has 1 aromatic carbocycles. The Balaban J connectivity index is 1.82. The minimum Gasteiger partial charge on any atom is -0.340 e. The van der Waals surface area contributed by atoms with Gasteiger partial charge in [-0.1, -0.05) is 25.1 Å². The molecule has 0 unspecified atom stereocenters. The minimum absolute atomic E-state index is 0.787. The zero-order chi connectivity index (χ0) is 16.5. The van der Waals surface area contributed by atoms with Gasteiger partial charge in [0.05, 0.1) is 5.39 Å². The number of nitrogens with one attached hydrogen (secondary N) is 1. The number of anilines is 2. The van der Waals surface area contributed by atoms with Crippen molar-refractivity contribution in [2.75, 3.05) is 5.32 Å². The van der Waals surface area contributed by atoms with Crippen LogP contribution < -0.4 is 5.32 Å². The molecule has 0 saturated carbocycles. The minimum atomic E-state index is 0.787. The highest BCUT2D eigenvalue weighted by Gasteiger charge is 2.15. The van der Waals surface area contributed by atoms with Crippen LogP contribution in [0.1, 0.15) is 18.3 Å². The van der Waals surface area contributed by atoms with E-state index >= 15 is 0 Å². The quantitative estimate of drug-likeness (QED) is 0.487. The van der Waals surface area contributed by atoms with Gasteiger partial charge in [-0.05, 0) is 42.5 Å². The molecule has 24 heavy (non-hydrogen) atoms. The lowest BCUT2D eigenvalue weighted by atomic mass is 10.1. The molecule has 5 heteroatoms. The first-order valence-corrected chi connectivity index (χ1v) is 9.66. The molecule has 3 aromatic heterocycles. The number of thiophene rings is 2. The topological polar surface area (TPSA) is 37.8 Å². The van der Waals surface area contributed by atoms with E-state index in [4.69, 9.17) is 0 Å². The molecule has 0 fully saturated rings. The summed E-state index contributed by atoms with van der Waals surface area (Å²) >= 11 is 3.42. The van der Waals surface area contributed by atoms with E-state index in [9.17, 15) is 0 Å². The van der Waals surface area contributed by atoms with Crippen LogP contribution in [-0.2, 0) is 6.42 Å². The maximum atomic E-state index is 4.67. The van der Waals surface area contributed by atoms with Crippen molar-refractivity contribution in [1.82, 2.24) is 9.97 Å². The van der Waals surface area contributed by atoms with Crippen molar-refractivity contribution >= 4 is 44.4 Å². The predicted molar refractivity (Wildman–Crippen MR) is 105 cm³/mol. The van der Waals surface area contributed by atoms with Gasteiger partial charge >= 0.3 is 0 Å². The van der Waals surface area contributed by atoms with Crippen molar-refractivity contribution in [2.45, 2.75) is 20.3 Å². The molecule has 0 amide bonds. The molecule has 120 valence electrons. The zero-order valence-electron chi connectivity index (χ0n) is 13.5. The number of rotatable bonds is 4. The van der Waals surface area contributed by atoms with Crippen LogP contribution in [0.15, 0.2) is 47.2 Å². The lowest BCUT2D eigenvalue weighted by molar-refractivity contribution is 1.10. The highest BCUT2D eigenvalue weighted by atomic mass is 32.1. The van der Waals surface area contributed by atoms with Crippen molar-refractivity contribution in [1.29, 1.82) is 0 Å². The van der Waals surface area contributed by atoms with Gasteiger partial charge in [0.15, 0.2) is 0 Å². The van der Waals surface area contributed by atoms with Gasteiger partial charge in [-0.15, -0.1) is 22.7 Å². The SMILES string of the molecule is CCc1ccc(Nc2nc(C)nc3scc(-c4cccs4)c23)cc1. The lowest BCUT2D eigenvalue weighted by Gasteiger charge is -2.09. The molecule has 0 spiro atoms. The zero-order valence-corrected chi connectivity index (χ0v) is 15.2. The Morgan fingerprint density at radius 3 is 2.58 bits per heavy atom. The largest absolute Gasteiger partial charge is 0.340 e. The molecule has 0 atom stereocenters. The smallest absolute Gasteiger partial charge is 0.143 e. The summed E-state index contributed by atoms with van der Waals surface area (Å²) < 4.78 is 0. The second-order valence-corrected chi connectivity index (χ2v) is 7.41. The second kappa shape index (κ2) is 6.34. The fourth-order valence-corrected chi connectivity index (χ4v) is 4.52. The molecule has 0 radical (unpaired) electrons. The van der Waals surface area contributed by atoms with Crippen LogP contribution in [0, 0.1) is 6.92 Å². The van der Waals surface area contributed by atoms with Gasteiger partial charge in [-0.3, -0.25) is 0 Å². The van der Waals surface area contributed by atoms with E-state index in [1.165, 1.54) is 16.0 Å². The average Bonchev–Trinajstić information content (AvgIpc) is 3.24. The molecule has 4 aromatic rings. The standard InChI is InChI=1S/C19H17N3S2/c1-3-13-6-8-14(9-7-13)22-18-17-15(16-5-4-10-23-16)11-24-19(17)21-12(2)20-18/h4-11H,3H2,1-2H3,(H,20,21,22). The summed E-state index contributed by atoms with van der Waals surface area (Å²) in [6.07, 6.45) is 1.05. The number of nitrogens with zero attached hydrogens (tertiary/aromatic N) is 2. The first kappa shape index (κ1) is 15.3. The van der Waals surface area contributed by atoms with Crippen molar-refractivity contribution in [3.8, 4) is 10.4 Å². The summed E-state index contributed by atoms with van der Waals surface area (Å²) in [5.74, 6) is 1.67. The summed E-state index contributed by atoms with van der Waals surface area (Å²) in [5.41, 5.74) is 3.59. The highest BCUT2D eigenvalue weighted by molar-refractivity contribution is 7.18. The van der Waals surface area contributed by atoms with E-state index in [1.807, 2.05) is 6.92 Å². The third kappa shape index (κ3) is 2.81. The number of fused-ring (bicyclic) bond motifs is 1. The van der Waals surface area contributed by atoms with Gasteiger partial charge in [0.1, 0.15) is 16.5 Å². The van der Waals surface area contributed by atoms with Gasteiger partial charge in [0, 0.05) is 21.5 Å². The van der Waals surface area contributed by atoms with Gasteiger partial charge in [-0.25, -0.2) is 9.97 Å². The van der Waals surface area contributed by atoms with Gasteiger partial charge in [-0.2, -0.15) is 0 Å². The lowest BCUT2D eigenvalue weighted by Crippen LogP contribution is -1.98. The number of aryl methyl sites for hydroxylation is 2. The predicted octanol–water partition coefficient (Wildman–Crippen LogP) is 6.03. The fraction of sp³-hybridized carbons (Fsp3) is 0.158. The molecule has 3 heterocycles. The van der Waals surface area contributed by atoms with Crippen LogP contribution in [0.4, 0.5) is 11.5 Å². The number of aromatic nitrogens is 2. The number of hydrogen-bond acceptors (Lipinski definition) is 5. The highest BCUT2D eigenvalue weighted by Crippen LogP contribution is 2.39. The normalized spacial score (nSPS) is 11.1. The van der Waals surface area contributed by atoms with E-state index in [0.29, 0.717) is 0 Å². The number of hydrogen-bond donors (Lipinski definition) is 1. The van der Waals surface area contributed by atoms with Crippen LogP contribution in [0.2, 0.25) is 0 Å². The van der Waals surface area contributed by atoms with E-state index in [0.717, 1.165) is 34.0 Å². The van der Waals surface area contributed by atoms with E-state index in [-0.39, 0.29) is 0 Å². The molecule has 4 rings (SSSR count). The fourth-order valence-electron chi connectivity index (χ4n) is 2.71. The number of benzene rings is 1. The van der Waals surface area contributed by atoms with Crippen LogP contribution in [0.25, 0.3) is 20.7 Å². The summed E-state index contributed by atoms with van der Waals surface area (Å²) in [6.45, 7) is 4.10. The molecule has 1 N–H and O–H groups in total. The third-order valence-corrected chi connectivity index (χ3v) is 5.73. The summed E-state index contributed by atoms with van der Waals surface area (Å²) in [7, 11) is 0. The van der Waals surface area contributed by atoms with Crippen LogP contribution in [0.5, 0.6) is 0 Å². The van der Waals surface area contributed by atoms with Crippen molar-refractivity contribution in [2.24, 2.45) is 0 Å². The monoisotopic (exact) mass is 351 g/mol. The molecule has 0 aliphatic carbocycles. The van der Waals surface area contributed by atoms with Crippen molar-refractivity contribution < 1.29 is 0 Å². The third-order valence-electron chi connectivity index (χ3n) is 3.96. The molecular formula is C19H17N3S2. The average molecular weight is 352 g/mol. The van der Waals surface area contributed by atoms with Crippen molar-refractivity contribution in [3.05, 3.63) is 58.5 Å². The molecule has 0 saturated heterocycles. The maximum Gasteiger partial charge on any atom is 0.143 e. The summed E-state index contributed by atoms with van der Waals surface area (Å²) in [6, 6.07) is 12.8. The Morgan fingerprint density at radius 2 is 1.88 bits per heavy atom. The van der Waals surface area contributed by atoms with Crippen LogP contribution in [-0.4, -0.2) is 9.97 Å². The molecular weight excluding hydrogens is 334 g/mol. The Labute approximate surface area is 149 Å². The molecule has 0 aliphatic rings. The van der Waals surface area contributed by atoms with Crippen molar-refractivity contribution in [3.63, 3.8) is 0 Å². The first-order valence-electron chi connectivity index (χ1n) is 7.90. The van der Waals surface area contributed by atoms with E-state index in [2.05, 4.69) is 69.4 Å². The van der Waals surface area contributed by atoms with Gasteiger partial charge in [0.25, 0.3) is 0 Å². The maximum absolute atomic E-state index is 4.67. The molecule has 0 bridgehead atoms. The summed E-state index contributed by atoms with van der Waals surface area (Å²) in [5, 5.41) is 8.87. The van der Waals surface area contributed by atoms with Crippen LogP contribution >= 0.6 is 22.7 Å². The molecule has 3 nitrogen and oxygen atoms in total. The Bertz CT molecular complexity index is 970. The molecule has 0 aliphatic heterocycles. The first-order chi connectivity index (χ1) is 11.7. The summed E-state index contributed by atoms with van der Waals surface area (Å²) in [4.78, 5) is 11.6. The Kier molecular flexibility index (Phi) is 4.04. The Hall–Kier alpha value is -2.24. The second-order valence-electron chi connectivity index (χ2n) is 5.60.